The van der Waals surface area contributed by atoms with Gasteiger partial charge in [0.15, 0.2) is 0 Å². The number of hydrogen-bond acceptors (Lipinski definition) is 3. The van der Waals surface area contributed by atoms with E-state index in [1.165, 1.54) is 5.56 Å². The molecular weight excluding hydrogens is 326 g/mol. The van der Waals surface area contributed by atoms with E-state index in [-0.39, 0.29) is 11.5 Å². The van der Waals surface area contributed by atoms with Crippen molar-refractivity contribution in [2.45, 2.75) is 19.4 Å². The van der Waals surface area contributed by atoms with Crippen molar-refractivity contribution in [1.29, 1.82) is 0 Å². The summed E-state index contributed by atoms with van der Waals surface area (Å²) >= 11 is 0. The van der Waals surface area contributed by atoms with E-state index >= 15 is 0 Å². The van der Waals surface area contributed by atoms with Crippen molar-refractivity contribution in [3.63, 3.8) is 0 Å². The van der Waals surface area contributed by atoms with Crippen molar-refractivity contribution >= 4 is 16.9 Å². The maximum absolute atomic E-state index is 12.9. The third-order valence-corrected chi connectivity index (χ3v) is 4.85. The van der Waals surface area contributed by atoms with Crippen LogP contribution in [0, 0.1) is 0 Å². The van der Waals surface area contributed by atoms with E-state index in [9.17, 15) is 9.59 Å². The topological polar surface area (TPSA) is 50.5 Å². The highest BCUT2D eigenvalue weighted by Crippen LogP contribution is 2.22. The highest BCUT2D eigenvalue weighted by Gasteiger charge is 2.24. The third-order valence-electron chi connectivity index (χ3n) is 4.85. The van der Waals surface area contributed by atoms with Gasteiger partial charge in [0.25, 0.3) is 5.91 Å². The zero-order valence-corrected chi connectivity index (χ0v) is 14.4. The number of rotatable bonds is 3. The maximum atomic E-state index is 12.9. The second-order valence-corrected chi connectivity index (χ2v) is 6.52. The molecule has 26 heavy (non-hydrogen) atoms. The molecule has 0 N–H and O–H groups in total. The Balaban J connectivity index is 1.71. The first-order valence-corrected chi connectivity index (χ1v) is 8.70. The maximum Gasteiger partial charge on any atom is 0.349 e. The quantitative estimate of drug-likeness (QED) is 0.537. The van der Waals surface area contributed by atoms with Gasteiger partial charge in [0.05, 0.1) is 0 Å². The van der Waals surface area contributed by atoms with E-state index < -0.39 is 5.63 Å². The lowest BCUT2D eigenvalue weighted by atomic mass is 9.99. The summed E-state index contributed by atoms with van der Waals surface area (Å²) in [6.45, 7) is 4.85. The Bertz CT molecular complexity index is 1060. The van der Waals surface area contributed by atoms with Crippen LogP contribution in [0.1, 0.15) is 27.0 Å². The van der Waals surface area contributed by atoms with E-state index in [1.54, 1.807) is 17.0 Å². The molecule has 1 amide bonds. The van der Waals surface area contributed by atoms with Gasteiger partial charge in [0, 0.05) is 18.5 Å². The summed E-state index contributed by atoms with van der Waals surface area (Å²) in [4.78, 5) is 27.1. The van der Waals surface area contributed by atoms with Crippen LogP contribution in [-0.2, 0) is 19.4 Å². The lowest BCUT2D eigenvalue weighted by Gasteiger charge is -2.28. The molecule has 0 radical (unpaired) electrons. The molecule has 4 heteroatoms. The van der Waals surface area contributed by atoms with Crippen LogP contribution in [0.4, 0.5) is 0 Å². The molecule has 0 saturated carbocycles. The molecule has 1 aliphatic heterocycles. The third kappa shape index (κ3) is 2.84. The van der Waals surface area contributed by atoms with Crippen molar-refractivity contribution < 1.29 is 9.21 Å². The van der Waals surface area contributed by atoms with Crippen LogP contribution in [-0.4, -0.2) is 17.4 Å². The number of benzene rings is 2. The number of carbonyl (C=O) groups excluding carboxylic acids is 1. The summed E-state index contributed by atoms with van der Waals surface area (Å²) in [5.41, 5.74) is 3.31. The van der Waals surface area contributed by atoms with E-state index in [0.29, 0.717) is 25.1 Å². The normalized spacial score (nSPS) is 13.5. The molecule has 1 aromatic heterocycles. The molecule has 0 fully saturated rings. The largest absolute Gasteiger partial charge is 0.422 e. The minimum absolute atomic E-state index is 0.0904. The second kappa shape index (κ2) is 6.64. The number of allylic oxidation sites excluding steroid dienone is 1. The monoisotopic (exact) mass is 345 g/mol. The van der Waals surface area contributed by atoms with Crippen molar-refractivity contribution in [3.05, 3.63) is 93.9 Å². The molecule has 2 aromatic carbocycles. The van der Waals surface area contributed by atoms with Gasteiger partial charge in [-0.3, -0.25) is 4.79 Å². The summed E-state index contributed by atoms with van der Waals surface area (Å²) < 4.78 is 5.51. The number of fused-ring (bicyclic) bond motifs is 2. The van der Waals surface area contributed by atoms with Gasteiger partial charge in [-0.15, -0.1) is 6.58 Å². The average molecular weight is 345 g/mol. The molecule has 1 aliphatic rings. The van der Waals surface area contributed by atoms with E-state index in [4.69, 9.17) is 4.42 Å². The summed E-state index contributed by atoms with van der Waals surface area (Å²) in [5.74, 6) is -0.274. The zero-order valence-electron chi connectivity index (χ0n) is 14.4. The smallest absolute Gasteiger partial charge is 0.349 e. The van der Waals surface area contributed by atoms with E-state index in [1.807, 2.05) is 36.4 Å². The Hall–Kier alpha value is -3.14. The van der Waals surface area contributed by atoms with Crippen molar-refractivity contribution in [3.8, 4) is 0 Å². The van der Waals surface area contributed by atoms with E-state index in [2.05, 4.69) is 12.6 Å². The van der Waals surface area contributed by atoms with Gasteiger partial charge >= 0.3 is 5.63 Å². The SMILES string of the molecule is C=CCc1cccc2cc(C(=O)N3CCc4ccccc4C3)c(=O)oc12. The number of carbonyl (C=O) groups is 1. The van der Waals surface area contributed by atoms with Crippen LogP contribution in [0.3, 0.4) is 0 Å². The number of amides is 1. The molecule has 0 spiro atoms. The Kier molecular flexibility index (Phi) is 4.17. The second-order valence-electron chi connectivity index (χ2n) is 6.52. The highest BCUT2D eigenvalue weighted by atomic mass is 16.4. The van der Waals surface area contributed by atoms with Crippen LogP contribution < -0.4 is 5.63 Å². The Labute approximate surface area is 151 Å². The van der Waals surface area contributed by atoms with Gasteiger partial charge in [-0.2, -0.15) is 0 Å². The molecule has 0 atom stereocenters. The van der Waals surface area contributed by atoms with Crippen LogP contribution in [0.5, 0.6) is 0 Å². The van der Waals surface area contributed by atoms with Crippen molar-refractivity contribution in [2.75, 3.05) is 6.54 Å². The van der Waals surface area contributed by atoms with Gasteiger partial charge in [-0.1, -0.05) is 48.5 Å². The predicted molar refractivity (Wildman–Crippen MR) is 101 cm³/mol. The molecule has 130 valence electrons. The van der Waals surface area contributed by atoms with Crippen LogP contribution in [0.15, 0.2) is 70.4 Å². The lowest BCUT2D eigenvalue weighted by molar-refractivity contribution is 0.0730. The van der Waals surface area contributed by atoms with Gasteiger partial charge in [-0.05, 0) is 35.6 Å². The van der Waals surface area contributed by atoms with Crippen molar-refractivity contribution in [1.82, 2.24) is 4.90 Å². The Morgan fingerprint density at radius 1 is 1.15 bits per heavy atom. The standard InChI is InChI=1S/C22H19NO3/c1-2-6-16-9-5-10-17-13-19(22(25)26-20(16)17)21(24)23-12-11-15-7-3-4-8-18(15)14-23/h2-5,7-10,13H,1,6,11-12,14H2. The summed E-state index contributed by atoms with van der Waals surface area (Å²) in [7, 11) is 0. The molecule has 0 aliphatic carbocycles. The van der Waals surface area contributed by atoms with Gasteiger partial charge in [0.1, 0.15) is 11.1 Å². The average Bonchev–Trinajstić information content (AvgIpc) is 2.67. The van der Waals surface area contributed by atoms with Gasteiger partial charge < -0.3 is 9.32 Å². The minimum atomic E-state index is -0.585. The molecule has 2 heterocycles. The summed E-state index contributed by atoms with van der Waals surface area (Å²) in [6, 6.07) is 15.4. The van der Waals surface area contributed by atoms with Crippen LogP contribution in [0.25, 0.3) is 11.0 Å². The van der Waals surface area contributed by atoms with Gasteiger partial charge in [-0.25, -0.2) is 4.79 Å². The van der Waals surface area contributed by atoms with Gasteiger partial charge in [0.2, 0.25) is 0 Å². The minimum Gasteiger partial charge on any atom is -0.422 e. The molecule has 0 bridgehead atoms. The number of para-hydroxylation sites is 1. The van der Waals surface area contributed by atoms with Crippen LogP contribution in [0.2, 0.25) is 0 Å². The highest BCUT2D eigenvalue weighted by molar-refractivity contribution is 5.97. The fourth-order valence-corrected chi connectivity index (χ4v) is 3.51. The first kappa shape index (κ1) is 16.3. The van der Waals surface area contributed by atoms with Crippen molar-refractivity contribution in [2.24, 2.45) is 0 Å². The molecular formula is C22H19NO3. The molecule has 0 unspecified atom stereocenters. The zero-order chi connectivity index (χ0) is 18.1. The Morgan fingerprint density at radius 2 is 1.96 bits per heavy atom. The Morgan fingerprint density at radius 3 is 2.77 bits per heavy atom. The molecule has 0 saturated heterocycles. The molecule has 3 aromatic rings. The summed E-state index contributed by atoms with van der Waals surface area (Å²) in [6.07, 6.45) is 3.17. The fraction of sp³-hybridized carbons (Fsp3) is 0.182. The predicted octanol–water partition coefficient (Wildman–Crippen LogP) is 3.72. The lowest BCUT2D eigenvalue weighted by Crippen LogP contribution is -2.38. The first-order chi connectivity index (χ1) is 12.7. The number of nitrogens with zero attached hydrogens (tertiary/aromatic N) is 1. The molecule has 4 rings (SSSR count). The summed E-state index contributed by atoms with van der Waals surface area (Å²) in [5, 5.41) is 0.754. The fourth-order valence-electron chi connectivity index (χ4n) is 3.51. The number of hydrogen-bond donors (Lipinski definition) is 0. The molecule has 4 nitrogen and oxygen atoms in total. The first-order valence-electron chi connectivity index (χ1n) is 8.70. The van der Waals surface area contributed by atoms with Crippen LogP contribution >= 0.6 is 0 Å². The van der Waals surface area contributed by atoms with E-state index in [0.717, 1.165) is 22.9 Å².